The van der Waals surface area contributed by atoms with E-state index in [2.05, 4.69) is 304 Å². The topological polar surface area (TPSA) is 19.6 Å². The van der Waals surface area contributed by atoms with Gasteiger partial charge in [-0.1, -0.05) is 222 Å². The van der Waals surface area contributed by atoms with Gasteiger partial charge in [-0.2, -0.15) is 0 Å². The summed E-state index contributed by atoms with van der Waals surface area (Å²) in [6, 6.07) is 83.1. The zero-order valence-electron chi connectivity index (χ0n) is 48.7. The van der Waals surface area contributed by atoms with Crippen molar-refractivity contribution in [2.45, 2.75) is 104 Å². The summed E-state index contributed by atoms with van der Waals surface area (Å²) in [5.41, 5.74) is 22.9. The number of hydrogen-bond acceptors (Lipinski definition) is 3. The number of para-hydroxylation sites is 1. The Labute approximate surface area is 478 Å². The van der Waals surface area contributed by atoms with Crippen LogP contribution in [0.5, 0.6) is 0 Å². The van der Waals surface area contributed by atoms with Crippen molar-refractivity contribution in [3.8, 4) is 22.3 Å². The molecule has 0 bridgehead atoms. The minimum Gasteiger partial charge on any atom is -0.455 e. The summed E-state index contributed by atoms with van der Waals surface area (Å²) in [5.74, 6) is 0.426. The fourth-order valence-electron chi connectivity index (χ4n) is 13.7. The lowest BCUT2D eigenvalue weighted by atomic mass is 9.69. The van der Waals surface area contributed by atoms with Crippen LogP contribution in [0.2, 0.25) is 0 Å². The molecule has 2 aliphatic carbocycles. The van der Waals surface area contributed by atoms with E-state index in [9.17, 15) is 0 Å². The van der Waals surface area contributed by atoms with Crippen molar-refractivity contribution in [3.63, 3.8) is 0 Å². The van der Waals surface area contributed by atoms with Crippen molar-refractivity contribution in [2.24, 2.45) is 0 Å². The summed E-state index contributed by atoms with van der Waals surface area (Å²) >= 11 is 0. The third kappa shape index (κ3) is 7.75. The van der Waals surface area contributed by atoms with E-state index < -0.39 is 5.41 Å². The Morgan fingerprint density at radius 3 is 1.33 bits per heavy atom. The summed E-state index contributed by atoms with van der Waals surface area (Å²) < 4.78 is 7.55. The predicted molar refractivity (Wildman–Crippen MR) is 345 cm³/mol. The molecule has 0 saturated carbocycles. The van der Waals surface area contributed by atoms with Crippen LogP contribution >= 0.6 is 0 Å². The molecule has 0 amide bonds. The summed E-state index contributed by atoms with van der Waals surface area (Å²) in [5, 5.41) is 7.05. The number of fused-ring (bicyclic) bond motifs is 19. The van der Waals surface area contributed by atoms with Crippen molar-refractivity contribution in [1.29, 1.82) is 0 Å². The molecular formula is C78H70N2O. The van der Waals surface area contributed by atoms with Crippen molar-refractivity contribution in [1.82, 2.24) is 0 Å². The zero-order valence-corrected chi connectivity index (χ0v) is 48.7. The van der Waals surface area contributed by atoms with Gasteiger partial charge in [0.1, 0.15) is 11.2 Å². The van der Waals surface area contributed by atoms with Crippen LogP contribution in [0.15, 0.2) is 223 Å². The molecule has 1 aromatic heterocycles. The molecule has 81 heavy (non-hydrogen) atoms. The fraction of sp³-hybridized carbons (Fsp3) is 0.205. The molecule has 14 rings (SSSR count). The lowest BCUT2D eigenvalue weighted by Crippen LogP contribution is -2.26. The van der Waals surface area contributed by atoms with Crippen LogP contribution < -0.4 is 9.80 Å². The normalized spacial score (nSPS) is 13.6. The van der Waals surface area contributed by atoms with E-state index in [0.717, 1.165) is 61.6 Å². The van der Waals surface area contributed by atoms with Crippen molar-refractivity contribution in [2.75, 3.05) is 9.80 Å². The van der Waals surface area contributed by atoms with E-state index >= 15 is 0 Å². The van der Waals surface area contributed by atoms with Gasteiger partial charge in [0.05, 0.1) is 16.5 Å². The van der Waals surface area contributed by atoms with E-state index in [0.29, 0.717) is 5.92 Å². The standard InChI is InChI=1S/C78H70N2O/c1-48(2)49-28-36-53(37-29-49)79(54-38-30-50(31-39-54)75(3,4)5)57-44-45-62-64(46-57)58-20-12-13-23-61(58)71-72-67(78(73(62)71)65-25-17-14-21-59(65)60-22-15-18-26-66(60)78)47-68(70-63-24-16-19-27-69(63)81-74(70)72)80(55-40-32-51(33-41-55)76(6,7)8)56-42-34-52(35-43-56)77(9,10)11/h12-48H,1-11H3. The minimum atomic E-state index is -0.740. The van der Waals surface area contributed by atoms with E-state index in [1.807, 2.05) is 0 Å². The lowest BCUT2D eigenvalue weighted by molar-refractivity contribution is 0.590. The number of anilines is 6. The van der Waals surface area contributed by atoms with Gasteiger partial charge >= 0.3 is 0 Å². The first kappa shape index (κ1) is 50.6. The summed E-state index contributed by atoms with van der Waals surface area (Å²) in [6.45, 7) is 25.2. The second kappa shape index (κ2) is 18.2. The summed E-state index contributed by atoms with van der Waals surface area (Å²) in [4.78, 5) is 4.95. The van der Waals surface area contributed by atoms with Gasteiger partial charge in [0.2, 0.25) is 0 Å². The molecule has 0 radical (unpaired) electrons. The smallest absolute Gasteiger partial charge is 0.145 e. The monoisotopic (exact) mass is 1050 g/mol. The minimum absolute atomic E-state index is 0.0118. The van der Waals surface area contributed by atoms with Gasteiger partial charge in [0.15, 0.2) is 0 Å². The van der Waals surface area contributed by atoms with Crippen molar-refractivity contribution in [3.05, 3.63) is 263 Å². The van der Waals surface area contributed by atoms with Crippen LogP contribution in [0.4, 0.5) is 34.1 Å². The van der Waals surface area contributed by atoms with Gasteiger partial charge in [0, 0.05) is 39.4 Å². The fourth-order valence-corrected chi connectivity index (χ4v) is 13.7. The van der Waals surface area contributed by atoms with Crippen LogP contribution in [0, 0.1) is 0 Å². The number of rotatable bonds is 7. The zero-order chi connectivity index (χ0) is 55.9. The second-order valence-corrected chi connectivity index (χ2v) is 26.3. The summed E-state index contributed by atoms with van der Waals surface area (Å²) in [7, 11) is 0. The number of benzene rings is 11. The molecule has 12 aromatic rings. The molecule has 11 aromatic carbocycles. The molecular weight excluding hydrogens is 981 g/mol. The van der Waals surface area contributed by atoms with Gasteiger partial charge in [0.25, 0.3) is 0 Å². The Morgan fingerprint density at radius 2 is 0.815 bits per heavy atom. The third-order valence-corrected chi connectivity index (χ3v) is 17.9. The average molecular weight is 1050 g/mol. The first-order chi connectivity index (χ1) is 38.9. The molecule has 2 aliphatic rings. The maximum atomic E-state index is 7.55. The molecule has 0 saturated heterocycles. The predicted octanol–water partition coefficient (Wildman–Crippen LogP) is 22.2. The second-order valence-electron chi connectivity index (χ2n) is 26.3. The molecule has 0 N–H and O–H groups in total. The molecule has 0 aliphatic heterocycles. The van der Waals surface area contributed by atoms with Crippen LogP contribution in [0.3, 0.4) is 0 Å². The molecule has 0 unspecified atom stereocenters. The number of furan rings is 1. The Kier molecular flexibility index (Phi) is 11.3. The van der Waals surface area contributed by atoms with E-state index in [4.69, 9.17) is 4.42 Å². The number of hydrogen-bond donors (Lipinski definition) is 0. The lowest BCUT2D eigenvalue weighted by Gasteiger charge is -2.34. The van der Waals surface area contributed by atoms with E-state index in [1.165, 1.54) is 82.7 Å². The largest absolute Gasteiger partial charge is 0.455 e. The van der Waals surface area contributed by atoms with Crippen molar-refractivity contribution < 1.29 is 4.42 Å². The Bertz CT molecular complexity index is 4350. The molecule has 3 nitrogen and oxygen atoms in total. The van der Waals surface area contributed by atoms with Gasteiger partial charge in [-0.15, -0.1) is 0 Å². The maximum absolute atomic E-state index is 7.55. The molecule has 398 valence electrons. The molecule has 1 spiro atoms. The van der Waals surface area contributed by atoms with Gasteiger partial charge in [-0.25, -0.2) is 0 Å². The molecule has 0 fully saturated rings. The number of nitrogens with zero attached hydrogens (tertiary/aromatic N) is 2. The maximum Gasteiger partial charge on any atom is 0.145 e. The first-order valence-electron chi connectivity index (χ1n) is 29.1. The highest BCUT2D eigenvalue weighted by Crippen LogP contribution is 2.68. The average Bonchev–Trinajstić information content (AvgIpc) is 1.67. The van der Waals surface area contributed by atoms with Crippen LogP contribution in [-0.2, 0) is 21.7 Å². The Hall–Kier alpha value is -8.66. The van der Waals surface area contributed by atoms with Gasteiger partial charge in [-0.05, 0) is 178 Å². The van der Waals surface area contributed by atoms with Crippen LogP contribution in [0.1, 0.15) is 127 Å². The summed E-state index contributed by atoms with van der Waals surface area (Å²) in [6.07, 6.45) is 0. The molecule has 3 heteroatoms. The van der Waals surface area contributed by atoms with Crippen LogP contribution in [-0.4, -0.2) is 0 Å². The third-order valence-electron chi connectivity index (χ3n) is 17.9. The van der Waals surface area contributed by atoms with Gasteiger partial charge < -0.3 is 14.2 Å². The van der Waals surface area contributed by atoms with Crippen LogP contribution in [0.25, 0.3) is 65.7 Å². The van der Waals surface area contributed by atoms with Crippen molar-refractivity contribution >= 4 is 77.6 Å². The highest BCUT2D eigenvalue weighted by molar-refractivity contribution is 6.26. The molecule has 1 heterocycles. The quantitative estimate of drug-likeness (QED) is 0.148. The Morgan fingerprint density at radius 1 is 0.370 bits per heavy atom. The highest BCUT2D eigenvalue weighted by atomic mass is 16.3. The van der Waals surface area contributed by atoms with E-state index in [-0.39, 0.29) is 16.2 Å². The SMILES string of the molecule is CC(C)c1ccc(N(c2ccc(C(C)(C)C)cc2)c2ccc3c4c(c5ccccc5c3c2)-c2c(cc(N(c3ccc(C(C)(C)C)cc3)c3ccc(C(C)(C)C)cc3)c3c2oc2ccccc23)C42c3ccccc3-c3ccccc32)cc1. The Balaban J connectivity index is 1.12. The van der Waals surface area contributed by atoms with E-state index in [1.54, 1.807) is 0 Å². The highest BCUT2D eigenvalue weighted by Gasteiger charge is 2.54. The molecule has 0 atom stereocenters. The van der Waals surface area contributed by atoms with Gasteiger partial charge in [-0.3, -0.25) is 0 Å². The first-order valence-corrected chi connectivity index (χ1v) is 29.1.